The van der Waals surface area contributed by atoms with E-state index in [4.69, 9.17) is 23.2 Å². The van der Waals surface area contributed by atoms with E-state index in [0.29, 0.717) is 16.3 Å². The molecule has 0 aliphatic rings. The minimum atomic E-state index is 0.345. The third-order valence-electron chi connectivity index (χ3n) is 0.960. The number of thiocarbonyl (C=S) groups is 1. The Labute approximate surface area is 65.5 Å². The molecule has 0 saturated carbocycles. The Balaban J connectivity index is 4.59. The summed E-state index contributed by atoms with van der Waals surface area (Å²) in [6.45, 7) is 1.64. The second-order valence-corrected chi connectivity index (χ2v) is 2.16. The van der Waals surface area contributed by atoms with Crippen LogP contribution in [-0.2, 0) is 0 Å². The number of nitriles is 1. The van der Waals surface area contributed by atoms with Crippen LogP contribution in [0.15, 0.2) is 11.3 Å². The first-order chi connectivity index (χ1) is 4.63. The van der Waals surface area contributed by atoms with E-state index in [1.807, 2.05) is 6.07 Å². The summed E-state index contributed by atoms with van der Waals surface area (Å²) in [5, 5.41) is 11.2. The van der Waals surface area contributed by atoms with E-state index in [9.17, 15) is 0 Å². The predicted molar refractivity (Wildman–Crippen MR) is 44.2 cm³/mol. The van der Waals surface area contributed by atoms with Crippen LogP contribution in [0.4, 0.5) is 0 Å². The highest BCUT2D eigenvalue weighted by Gasteiger charge is 2.02. The SMILES string of the molecule is CNC(=S)C(C#N)=C(C)N. The quantitative estimate of drug-likeness (QED) is 0.324. The number of allylic oxidation sites excluding steroid dienone is 1. The van der Waals surface area contributed by atoms with Gasteiger partial charge in [0.05, 0.1) is 0 Å². The average molecular weight is 155 g/mol. The molecule has 4 heteroatoms. The molecule has 0 amide bonds. The zero-order chi connectivity index (χ0) is 8.15. The van der Waals surface area contributed by atoms with Gasteiger partial charge in [0.1, 0.15) is 16.6 Å². The number of likely N-dealkylation sites (N-methyl/N-ethyl adjacent to an activating group) is 1. The monoisotopic (exact) mass is 155 g/mol. The van der Waals surface area contributed by atoms with E-state index < -0.39 is 0 Å². The Morgan fingerprint density at radius 1 is 1.70 bits per heavy atom. The van der Waals surface area contributed by atoms with Gasteiger partial charge in [0.15, 0.2) is 0 Å². The molecule has 54 valence electrons. The van der Waals surface area contributed by atoms with Crippen LogP contribution in [-0.4, -0.2) is 12.0 Å². The smallest absolute Gasteiger partial charge is 0.118 e. The number of nitrogens with zero attached hydrogens (tertiary/aromatic N) is 1. The summed E-state index contributed by atoms with van der Waals surface area (Å²) < 4.78 is 0. The van der Waals surface area contributed by atoms with Crippen molar-refractivity contribution in [3.63, 3.8) is 0 Å². The summed E-state index contributed by atoms with van der Waals surface area (Å²) in [6, 6.07) is 1.90. The van der Waals surface area contributed by atoms with E-state index in [-0.39, 0.29) is 0 Å². The van der Waals surface area contributed by atoms with Crippen molar-refractivity contribution in [1.29, 1.82) is 5.26 Å². The molecule has 0 aromatic heterocycles. The highest BCUT2D eigenvalue weighted by Crippen LogP contribution is 1.97. The number of hydrogen-bond acceptors (Lipinski definition) is 3. The standard InChI is InChI=1S/C6H9N3S/c1-4(8)5(3-7)6(10)9-2/h8H2,1-2H3,(H,9,10). The van der Waals surface area contributed by atoms with Crippen molar-refractivity contribution in [2.75, 3.05) is 7.05 Å². The van der Waals surface area contributed by atoms with Gasteiger partial charge in [-0.05, 0) is 6.92 Å². The molecule has 0 radical (unpaired) electrons. The van der Waals surface area contributed by atoms with Crippen LogP contribution in [0.3, 0.4) is 0 Å². The van der Waals surface area contributed by atoms with Crippen LogP contribution >= 0.6 is 12.2 Å². The van der Waals surface area contributed by atoms with Gasteiger partial charge in [0.25, 0.3) is 0 Å². The van der Waals surface area contributed by atoms with E-state index >= 15 is 0 Å². The molecule has 0 aliphatic carbocycles. The minimum absolute atomic E-state index is 0.345. The Bertz CT molecular complexity index is 208. The lowest BCUT2D eigenvalue weighted by Crippen LogP contribution is -2.19. The van der Waals surface area contributed by atoms with Gasteiger partial charge in [-0.15, -0.1) is 0 Å². The highest BCUT2D eigenvalue weighted by molar-refractivity contribution is 7.80. The Morgan fingerprint density at radius 2 is 2.20 bits per heavy atom. The first-order valence-electron chi connectivity index (χ1n) is 2.72. The molecule has 0 fully saturated rings. The van der Waals surface area contributed by atoms with Crippen LogP contribution in [0.1, 0.15) is 6.92 Å². The maximum atomic E-state index is 8.48. The Hall–Kier alpha value is -1.08. The fourth-order valence-electron chi connectivity index (χ4n) is 0.443. The summed E-state index contributed by atoms with van der Waals surface area (Å²) in [7, 11) is 1.66. The van der Waals surface area contributed by atoms with Gasteiger partial charge in [-0.2, -0.15) is 5.26 Å². The first kappa shape index (κ1) is 8.92. The van der Waals surface area contributed by atoms with Gasteiger partial charge < -0.3 is 11.1 Å². The summed E-state index contributed by atoms with van der Waals surface area (Å²) in [4.78, 5) is 0.391. The molecule has 0 rings (SSSR count). The third kappa shape index (κ3) is 2.03. The second kappa shape index (κ2) is 3.85. The zero-order valence-electron chi connectivity index (χ0n) is 5.93. The number of hydrogen-bond donors (Lipinski definition) is 2. The van der Waals surface area contributed by atoms with E-state index in [1.54, 1.807) is 14.0 Å². The molecular formula is C6H9N3S. The van der Waals surface area contributed by atoms with Crippen LogP contribution in [0.2, 0.25) is 0 Å². The maximum Gasteiger partial charge on any atom is 0.118 e. The van der Waals surface area contributed by atoms with Gasteiger partial charge in [0, 0.05) is 12.7 Å². The fraction of sp³-hybridized carbons (Fsp3) is 0.333. The number of rotatable bonds is 1. The van der Waals surface area contributed by atoms with Gasteiger partial charge in [-0.1, -0.05) is 12.2 Å². The van der Waals surface area contributed by atoms with Crippen LogP contribution in [0, 0.1) is 11.3 Å². The summed E-state index contributed by atoms with van der Waals surface area (Å²) in [5.74, 6) is 0. The molecule has 0 aliphatic heterocycles. The first-order valence-corrected chi connectivity index (χ1v) is 3.12. The average Bonchev–Trinajstić information content (AvgIpc) is 1.88. The molecule has 0 bridgehead atoms. The van der Waals surface area contributed by atoms with Gasteiger partial charge >= 0.3 is 0 Å². The van der Waals surface area contributed by atoms with Crippen molar-refractivity contribution in [2.45, 2.75) is 6.92 Å². The molecule has 3 N–H and O–H groups in total. The summed E-state index contributed by atoms with van der Waals surface area (Å²) in [5.41, 5.74) is 6.14. The summed E-state index contributed by atoms with van der Waals surface area (Å²) in [6.07, 6.45) is 0. The van der Waals surface area contributed by atoms with Gasteiger partial charge in [0.2, 0.25) is 0 Å². The summed E-state index contributed by atoms with van der Waals surface area (Å²) >= 11 is 4.78. The molecule has 0 unspecified atom stereocenters. The molecule has 0 aromatic carbocycles. The van der Waals surface area contributed by atoms with E-state index in [2.05, 4.69) is 5.32 Å². The number of nitrogens with one attached hydrogen (secondary N) is 1. The largest absolute Gasteiger partial charge is 0.401 e. The number of nitrogens with two attached hydrogens (primary N) is 1. The molecule has 3 nitrogen and oxygen atoms in total. The van der Waals surface area contributed by atoms with Crippen molar-refractivity contribution >= 4 is 17.2 Å². The molecular weight excluding hydrogens is 146 g/mol. The lowest BCUT2D eigenvalue weighted by Gasteiger charge is -2.00. The lowest BCUT2D eigenvalue weighted by molar-refractivity contribution is 1.18. The molecule has 0 saturated heterocycles. The minimum Gasteiger partial charge on any atom is -0.401 e. The van der Waals surface area contributed by atoms with Crippen molar-refractivity contribution in [3.05, 3.63) is 11.3 Å². The van der Waals surface area contributed by atoms with Crippen LogP contribution in [0.25, 0.3) is 0 Å². The Kier molecular flexibility index (Phi) is 3.44. The van der Waals surface area contributed by atoms with Crippen LogP contribution < -0.4 is 11.1 Å². The van der Waals surface area contributed by atoms with Crippen molar-refractivity contribution in [1.82, 2.24) is 5.32 Å². The maximum absolute atomic E-state index is 8.48. The van der Waals surface area contributed by atoms with E-state index in [0.717, 1.165) is 0 Å². The van der Waals surface area contributed by atoms with Gasteiger partial charge in [-0.3, -0.25) is 0 Å². The predicted octanol–water partition coefficient (Wildman–Crippen LogP) is 0.289. The van der Waals surface area contributed by atoms with Crippen molar-refractivity contribution < 1.29 is 0 Å². The molecule has 0 heterocycles. The topological polar surface area (TPSA) is 61.8 Å². The molecule has 0 aromatic rings. The lowest BCUT2D eigenvalue weighted by atomic mass is 10.2. The van der Waals surface area contributed by atoms with Gasteiger partial charge in [-0.25, -0.2) is 0 Å². The normalized spacial score (nSPS) is 11.3. The molecule has 10 heavy (non-hydrogen) atoms. The van der Waals surface area contributed by atoms with Crippen molar-refractivity contribution in [3.8, 4) is 6.07 Å². The molecule has 0 atom stereocenters. The fourth-order valence-corrected chi connectivity index (χ4v) is 0.650. The Morgan fingerprint density at radius 3 is 2.30 bits per heavy atom. The second-order valence-electron chi connectivity index (χ2n) is 1.75. The molecule has 0 spiro atoms. The third-order valence-corrected chi connectivity index (χ3v) is 1.37. The zero-order valence-corrected chi connectivity index (χ0v) is 6.75. The van der Waals surface area contributed by atoms with Crippen molar-refractivity contribution in [2.24, 2.45) is 5.73 Å². The van der Waals surface area contributed by atoms with E-state index in [1.165, 1.54) is 0 Å². The van der Waals surface area contributed by atoms with Crippen LogP contribution in [0.5, 0.6) is 0 Å². The highest BCUT2D eigenvalue weighted by atomic mass is 32.1.